The quantitative estimate of drug-likeness (QED) is 0.270. The molecule has 0 heterocycles. The molecule has 26 heavy (non-hydrogen) atoms. The van der Waals surface area contributed by atoms with Crippen LogP contribution in [0.25, 0.3) is 0 Å². The smallest absolute Gasteiger partial charge is 0.224 e. The summed E-state index contributed by atoms with van der Waals surface area (Å²) in [6, 6.07) is 16.0. The Balaban J connectivity index is 1.89. The minimum absolute atomic E-state index is 0.494. The first-order valence-electron chi connectivity index (χ1n) is 8.31. The number of nitrogens with one attached hydrogen (secondary N) is 3. The Morgan fingerprint density at radius 3 is 2.73 bits per heavy atom. The largest absolute Gasteiger partial charge is 0.493 e. The number of hydrazone groups is 1. The third kappa shape index (κ3) is 6.57. The Morgan fingerprint density at radius 2 is 2.00 bits per heavy atom. The van der Waals surface area contributed by atoms with Gasteiger partial charge in [-0.05, 0) is 36.0 Å². The highest BCUT2D eigenvalue weighted by Crippen LogP contribution is 2.27. The van der Waals surface area contributed by atoms with E-state index >= 15 is 0 Å². The summed E-state index contributed by atoms with van der Waals surface area (Å²) in [5, 5.41) is 6.39. The van der Waals surface area contributed by atoms with E-state index in [1.165, 1.54) is 5.56 Å². The van der Waals surface area contributed by atoms with E-state index in [9.17, 15) is 0 Å². The summed E-state index contributed by atoms with van der Waals surface area (Å²) in [5.74, 6) is 1.40. The van der Waals surface area contributed by atoms with E-state index in [1.54, 1.807) is 19.4 Å². The van der Waals surface area contributed by atoms with Crippen molar-refractivity contribution in [3.8, 4) is 11.5 Å². The fourth-order valence-electron chi connectivity index (χ4n) is 2.21. The highest BCUT2D eigenvalue weighted by molar-refractivity contribution is 7.80. The van der Waals surface area contributed by atoms with Crippen LogP contribution in [0.2, 0.25) is 0 Å². The van der Waals surface area contributed by atoms with Gasteiger partial charge >= 0.3 is 0 Å². The summed E-state index contributed by atoms with van der Waals surface area (Å²) in [4.78, 5) is 0. The van der Waals surface area contributed by atoms with Crippen molar-refractivity contribution in [1.82, 2.24) is 10.7 Å². The molecule has 3 N–H and O–H groups in total. The number of rotatable bonds is 9. The second-order valence-corrected chi connectivity index (χ2v) is 5.81. The summed E-state index contributed by atoms with van der Waals surface area (Å²) < 4.78 is 11.3. The van der Waals surface area contributed by atoms with Gasteiger partial charge in [0.1, 0.15) is 0 Å². The van der Waals surface area contributed by atoms with Crippen molar-refractivity contribution in [3.63, 3.8) is 0 Å². The highest BCUT2D eigenvalue weighted by Gasteiger charge is 2.06. The predicted molar refractivity (Wildman–Crippen MR) is 109 cm³/mol. The maximum Gasteiger partial charge on any atom is 0.224 e. The van der Waals surface area contributed by atoms with E-state index in [2.05, 4.69) is 34.6 Å². The van der Waals surface area contributed by atoms with Crippen molar-refractivity contribution in [3.05, 3.63) is 72.3 Å². The molecule has 2 aromatic carbocycles. The molecule has 0 saturated carbocycles. The van der Waals surface area contributed by atoms with Crippen molar-refractivity contribution < 1.29 is 14.6 Å². The van der Waals surface area contributed by atoms with Gasteiger partial charge in [0.15, 0.2) is 17.7 Å². The zero-order chi connectivity index (χ0) is 18.6. The average molecular weight is 370 g/mol. The third-order valence-electron chi connectivity index (χ3n) is 3.51. The Labute approximate surface area is 159 Å². The first-order chi connectivity index (χ1) is 12.7. The SMILES string of the molecule is C=CCNC(=S)N[NH+]=Cc1ccc(OCCc2ccccc2)c(OC)c1. The summed E-state index contributed by atoms with van der Waals surface area (Å²) in [6.07, 6.45) is 4.37. The molecule has 2 aromatic rings. The molecule has 0 aliphatic rings. The third-order valence-corrected chi connectivity index (χ3v) is 3.76. The molecule has 6 heteroatoms. The van der Waals surface area contributed by atoms with Gasteiger partial charge in [-0.3, -0.25) is 0 Å². The Morgan fingerprint density at radius 1 is 1.19 bits per heavy atom. The Bertz CT molecular complexity index is 748. The topological polar surface area (TPSA) is 56.5 Å². The maximum absolute atomic E-state index is 5.86. The van der Waals surface area contributed by atoms with Crippen molar-refractivity contribution in [2.24, 2.45) is 0 Å². The van der Waals surface area contributed by atoms with Crippen LogP contribution in [0, 0.1) is 0 Å². The molecule has 0 aliphatic carbocycles. The van der Waals surface area contributed by atoms with Gasteiger partial charge in [0, 0.05) is 18.5 Å². The first kappa shape index (κ1) is 19.5. The number of ether oxygens (including phenoxy) is 2. The van der Waals surface area contributed by atoms with Crippen LogP contribution in [0.1, 0.15) is 11.1 Å². The van der Waals surface area contributed by atoms with E-state index in [0.29, 0.717) is 24.0 Å². The number of hydrogen-bond acceptors (Lipinski definition) is 3. The summed E-state index contributed by atoms with van der Waals surface area (Å²) in [6.45, 7) is 4.82. The molecule has 5 nitrogen and oxygen atoms in total. The summed E-state index contributed by atoms with van der Waals surface area (Å²) in [7, 11) is 1.63. The monoisotopic (exact) mass is 370 g/mol. The second-order valence-electron chi connectivity index (χ2n) is 5.41. The van der Waals surface area contributed by atoms with Crippen molar-refractivity contribution in [2.75, 3.05) is 20.3 Å². The van der Waals surface area contributed by atoms with Crippen LogP contribution in [0.15, 0.2) is 61.2 Å². The Kier molecular flexibility index (Phi) is 8.15. The van der Waals surface area contributed by atoms with Gasteiger partial charge in [0.2, 0.25) is 5.11 Å². The fourth-order valence-corrected chi connectivity index (χ4v) is 2.35. The van der Waals surface area contributed by atoms with E-state index in [4.69, 9.17) is 21.7 Å². The lowest BCUT2D eigenvalue weighted by Gasteiger charge is -2.11. The predicted octanol–water partition coefficient (Wildman–Crippen LogP) is 1.38. The molecular weight excluding hydrogens is 346 g/mol. The molecular formula is C20H24N3O2S+. The van der Waals surface area contributed by atoms with Gasteiger partial charge < -0.3 is 14.8 Å². The van der Waals surface area contributed by atoms with E-state index < -0.39 is 0 Å². The molecule has 0 atom stereocenters. The lowest BCUT2D eigenvalue weighted by Crippen LogP contribution is -2.82. The molecule has 0 saturated heterocycles. The number of methoxy groups -OCH3 is 1. The minimum Gasteiger partial charge on any atom is -0.493 e. The molecule has 0 bridgehead atoms. The maximum atomic E-state index is 5.86. The van der Waals surface area contributed by atoms with Crippen LogP contribution in [-0.4, -0.2) is 31.6 Å². The van der Waals surface area contributed by atoms with Crippen molar-refractivity contribution in [1.29, 1.82) is 0 Å². The van der Waals surface area contributed by atoms with Gasteiger partial charge in [-0.15, -0.1) is 17.1 Å². The van der Waals surface area contributed by atoms with Crippen LogP contribution in [0.3, 0.4) is 0 Å². The standard InChI is InChI=1S/C20H23N3O2S/c1-3-12-21-20(26)23-22-15-17-9-10-18(19(14-17)24-2)25-13-11-16-7-5-4-6-8-16/h3-10,14-15H,1,11-13H2,2H3,(H2,21,23,26)/p+1. The zero-order valence-electron chi connectivity index (χ0n) is 14.8. The molecule has 0 unspecified atom stereocenters. The van der Waals surface area contributed by atoms with Gasteiger partial charge in [-0.25, -0.2) is 0 Å². The van der Waals surface area contributed by atoms with Crippen LogP contribution < -0.4 is 25.3 Å². The minimum atomic E-state index is 0.494. The Hall–Kier alpha value is -2.86. The van der Waals surface area contributed by atoms with Crippen molar-refractivity contribution >= 4 is 23.5 Å². The molecule has 0 aliphatic heterocycles. The van der Waals surface area contributed by atoms with Crippen LogP contribution in [-0.2, 0) is 6.42 Å². The zero-order valence-corrected chi connectivity index (χ0v) is 15.6. The molecule has 0 radical (unpaired) electrons. The molecule has 0 aromatic heterocycles. The summed E-state index contributed by atoms with van der Waals surface area (Å²) in [5.41, 5.74) is 5.04. The van der Waals surface area contributed by atoms with Crippen LogP contribution in [0.4, 0.5) is 0 Å². The second kappa shape index (κ2) is 10.9. The summed E-state index contributed by atoms with van der Waals surface area (Å²) >= 11 is 5.10. The molecule has 0 spiro atoms. The number of benzene rings is 2. The molecule has 0 fully saturated rings. The van der Waals surface area contributed by atoms with Gasteiger partial charge in [0.25, 0.3) is 0 Å². The van der Waals surface area contributed by atoms with E-state index in [-0.39, 0.29) is 0 Å². The number of hydrazine groups is 1. The molecule has 136 valence electrons. The average Bonchev–Trinajstić information content (AvgIpc) is 2.68. The highest BCUT2D eigenvalue weighted by atomic mass is 32.1. The molecule has 2 rings (SSSR count). The fraction of sp³-hybridized carbons (Fsp3) is 0.200. The number of hydrogen-bond donors (Lipinski definition) is 3. The molecule has 0 amide bonds. The van der Waals surface area contributed by atoms with Gasteiger partial charge in [-0.1, -0.05) is 36.4 Å². The van der Waals surface area contributed by atoms with E-state index in [1.807, 2.05) is 36.4 Å². The lowest BCUT2D eigenvalue weighted by atomic mass is 10.2. The van der Waals surface area contributed by atoms with Crippen molar-refractivity contribution in [2.45, 2.75) is 6.42 Å². The first-order valence-corrected chi connectivity index (χ1v) is 8.72. The van der Waals surface area contributed by atoms with Crippen LogP contribution in [0.5, 0.6) is 11.5 Å². The van der Waals surface area contributed by atoms with Gasteiger partial charge in [-0.2, -0.15) is 0 Å². The van der Waals surface area contributed by atoms with E-state index in [0.717, 1.165) is 17.7 Å². The normalized spacial score (nSPS) is 10.3. The van der Waals surface area contributed by atoms with Gasteiger partial charge in [0.05, 0.1) is 13.7 Å². The van der Waals surface area contributed by atoms with Crippen LogP contribution >= 0.6 is 12.2 Å². The number of thiocarbonyl (C=S) groups is 1. The lowest BCUT2D eigenvalue weighted by molar-refractivity contribution is -0.500.